The number of urea groups is 1. The molecule has 2 aliphatic rings. The predicted octanol–water partition coefficient (Wildman–Crippen LogP) is 3.49. The van der Waals surface area contributed by atoms with Crippen LogP contribution in [-0.4, -0.2) is 75.8 Å². The predicted molar refractivity (Wildman–Crippen MR) is 132 cm³/mol. The number of amides is 2. The fourth-order valence-corrected chi connectivity index (χ4v) is 4.62. The monoisotopic (exact) mass is 454 g/mol. The summed E-state index contributed by atoms with van der Waals surface area (Å²) >= 11 is 0. The summed E-state index contributed by atoms with van der Waals surface area (Å²) in [6.45, 7) is 4.06. The summed E-state index contributed by atoms with van der Waals surface area (Å²) in [5.74, 6) is 1.33. The van der Waals surface area contributed by atoms with Gasteiger partial charge in [-0.25, -0.2) is 14.8 Å². The van der Waals surface area contributed by atoms with E-state index in [9.17, 15) is 4.79 Å². The van der Waals surface area contributed by atoms with Crippen molar-refractivity contribution in [2.24, 2.45) is 0 Å². The summed E-state index contributed by atoms with van der Waals surface area (Å²) < 4.78 is 0. The summed E-state index contributed by atoms with van der Waals surface area (Å²) in [4.78, 5) is 28.6. The summed E-state index contributed by atoms with van der Waals surface area (Å²) in [5, 5.41) is 11.4. The highest BCUT2D eigenvalue weighted by Crippen LogP contribution is 2.33. The van der Waals surface area contributed by atoms with Crippen molar-refractivity contribution in [1.82, 2.24) is 30.0 Å². The van der Waals surface area contributed by atoms with Gasteiger partial charge in [0, 0.05) is 61.2 Å². The van der Waals surface area contributed by atoms with Gasteiger partial charge in [0.25, 0.3) is 0 Å². The molecule has 2 amide bonds. The number of carbonyl (C=O) groups excluding carboxylic acids is 1. The molecule has 9 nitrogen and oxygen atoms in total. The Morgan fingerprint density at radius 1 is 1.03 bits per heavy atom. The topological polar surface area (TPSA) is 93.3 Å². The molecule has 0 spiro atoms. The van der Waals surface area contributed by atoms with E-state index < -0.39 is 0 Å². The zero-order valence-corrected chi connectivity index (χ0v) is 19.0. The molecule has 0 saturated carbocycles. The van der Waals surface area contributed by atoms with Crippen molar-refractivity contribution >= 4 is 34.1 Å². The highest BCUT2D eigenvalue weighted by Gasteiger charge is 2.30. The Balaban J connectivity index is 1.24. The van der Waals surface area contributed by atoms with Crippen LogP contribution in [-0.2, 0) is 6.42 Å². The van der Waals surface area contributed by atoms with Crippen molar-refractivity contribution < 1.29 is 4.79 Å². The molecule has 0 bridgehead atoms. The fourth-order valence-electron chi connectivity index (χ4n) is 4.62. The Labute approximate surface area is 197 Å². The first-order chi connectivity index (χ1) is 16.6. The van der Waals surface area contributed by atoms with Gasteiger partial charge in [0.2, 0.25) is 0 Å². The van der Waals surface area contributed by atoms with Gasteiger partial charge in [-0.3, -0.25) is 10.00 Å². The van der Waals surface area contributed by atoms with Crippen LogP contribution in [0.5, 0.6) is 0 Å². The van der Waals surface area contributed by atoms with Crippen molar-refractivity contribution in [2.75, 3.05) is 50.0 Å². The summed E-state index contributed by atoms with van der Waals surface area (Å²) in [7, 11) is 2.10. The molecule has 34 heavy (non-hydrogen) atoms. The van der Waals surface area contributed by atoms with Crippen molar-refractivity contribution in [2.45, 2.75) is 6.42 Å². The number of piperazine rings is 1. The molecule has 0 aliphatic carbocycles. The number of hydrogen-bond acceptors (Lipinski definition) is 6. The van der Waals surface area contributed by atoms with E-state index in [1.807, 2.05) is 46.2 Å². The molecule has 6 rings (SSSR count). The van der Waals surface area contributed by atoms with Gasteiger partial charge >= 0.3 is 6.03 Å². The second kappa shape index (κ2) is 8.42. The van der Waals surface area contributed by atoms with Crippen molar-refractivity contribution in [3.63, 3.8) is 0 Å². The van der Waals surface area contributed by atoms with Gasteiger partial charge in [-0.05, 0) is 49.4 Å². The zero-order chi connectivity index (χ0) is 23.1. The van der Waals surface area contributed by atoms with Crippen LogP contribution < -0.4 is 10.2 Å². The van der Waals surface area contributed by atoms with Gasteiger partial charge in [0.1, 0.15) is 5.82 Å². The molecular formula is C25H26N8O. The summed E-state index contributed by atoms with van der Waals surface area (Å²) in [5.41, 5.74) is 4.97. The minimum absolute atomic E-state index is 0.0926. The van der Waals surface area contributed by atoms with Gasteiger partial charge in [-0.1, -0.05) is 12.1 Å². The number of nitrogens with one attached hydrogen (secondary N) is 2. The molecule has 1 fully saturated rings. The maximum atomic E-state index is 13.2. The lowest BCUT2D eigenvalue weighted by molar-refractivity contribution is 0.159. The van der Waals surface area contributed by atoms with Crippen molar-refractivity contribution in [3.05, 3.63) is 60.4 Å². The maximum Gasteiger partial charge on any atom is 0.324 e. The van der Waals surface area contributed by atoms with Crippen LogP contribution in [0.2, 0.25) is 0 Å². The quantitative estimate of drug-likeness (QED) is 0.492. The number of aromatic nitrogens is 4. The minimum Gasteiger partial charge on any atom is -0.340 e. The third-order valence-electron chi connectivity index (χ3n) is 6.61. The van der Waals surface area contributed by atoms with E-state index >= 15 is 0 Å². The van der Waals surface area contributed by atoms with Crippen LogP contribution in [0, 0.1) is 0 Å². The molecule has 2 aromatic heterocycles. The van der Waals surface area contributed by atoms with E-state index in [2.05, 4.69) is 38.5 Å². The normalized spacial score (nSPS) is 16.1. The van der Waals surface area contributed by atoms with E-state index in [0.29, 0.717) is 18.2 Å². The molecule has 1 saturated heterocycles. The largest absolute Gasteiger partial charge is 0.340 e. The first kappa shape index (κ1) is 20.6. The summed E-state index contributed by atoms with van der Waals surface area (Å²) in [6.07, 6.45) is 4.42. The van der Waals surface area contributed by atoms with Gasteiger partial charge < -0.3 is 15.1 Å². The lowest BCUT2D eigenvalue weighted by atomic mass is 10.1. The average Bonchev–Trinajstić information content (AvgIpc) is 3.50. The fraction of sp³-hybridized carbons (Fsp3) is 0.280. The Kier molecular flexibility index (Phi) is 5.10. The highest BCUT2D eigenvalue weighted by molar-refractivity contribution is 5.95. The first-order valence-electron chi connectivity index (χ1n) is 11.6. The van der Waals surface area contributed by atoms with Gasteiger partial charge in [0.15, 0.2) is 5.82 Å². The third kappa shape index (κ3) is 3.84. The highest BCUT2D eigenvalue weighted by atomic mass is 16.2. The molecule has 9 heteroatoms. The molecule has 4 aromatic rings. The number of benzene rings is 2. The zero-order valence-electron chi connectivity index (χ0n) is 19.0. The van der Waals surface area contributed by atoms with E-state index in [1.165, 1.54) is 5.56 Å². The van der Waals surface area contributed by atoms with E-state index in [0.717, 1.165) is 60.4 Å². The number of H-pyrrole nitrogens is 1. The van der Waals surface area contributed by atoms with E-state index in [1.54, 1.807) is 12.4 Å². The van der Waals surface area contributed by atoms with Crippen LogP contribution in [0.15, 0.2) is 54.9 Å². The van der Waals surface area contributed by atoms with Crippen LogP contribution in [0.1, 0.15) is 5.56 Å². The molecule has 2 N–H and O–H groups in total. The van der Waals surface area contributed by atoms with Crippen molar-refractivity contribution in [1.29, 1.82) is 0 Å². The van der Waals surface area contributed by atoms with Crippen molar-refractivity contribution in [3.8, 4) is 11.4 Å². The Morgan fingerprint density at radius 2 is 1.91 bits per heavy atom. The SMILES string of the molecule is CN1CCN(C(=O)N2CCc3ccc(-c4nccc(Nc5ccc6[nH]ncc6c5)n4)cc32)CC1. The van der Waals surface area contributed by atoms with Crippen LogP contribution in [0.25, 0.3) is 22.3 Å². The smallest absolute Gasteiger partial charge is 0.324 e. The third-order valence-corrected chi connectivity index (χ3v) is 6.61. The molecule has 0 unspecified atom stereocenters. The number of rotatable bonds is 3. The Bertz CT molecular complexity index is 1360. The number of fused-ring (bicyclic) bond motifs is 2. The van der Waals surface area contributed by atoms with Crippen LogP contribution in [0.3, 0.4) is 0 Å². The molecular weight excluding hydrogens is 428 g/mol. The minimum atomic E-state index is 0.0926. The molecule has 2 aliphatic heterocycles. The van der Waals surface area contributed by atoms with E-state index in [-0.39, 0.29) is 6.03 Å². The van der Waals surface area contributed by atoms with Gasteiger partial charge in [0.05, 0.1) is 11.7 Å². The number of anilines is 3. The molecule has 2 aromatic carbocycles. The Hall–Kier alpha value is -3.98. The molecule has 0 atom stereocenters. The molecule has 172 valence electrons. The Morgan fingerprint density at radius 3 is 2.79 bits per heavy atom. The van der Waals surface area contributed by atoms with Crippen LogP contribution in [0.4, 0.5) is 22.0 Å². The second-order valence-corrected chi connectivity index (χ2v) is 8.88. The lowest BCUT2D eigenvalue weighted by Gasteiger charge is -2.35. The first-order valence-corrected chi connectivity index (χ1v) is 11.6. The second-order valence-electron chi connectivity index (χ2n) is 8.88. The lowest BCUT2D eigenvalue weighted by Crippen LogP contribution is -2.51. The standard InChI is InChI=1S/C25H26N8O/c1-31-10-12-32(13-11-31)25(34)33-9-7-17-2-3-18(15-22(17)33)24-26-8-6-23(29-24)28-20-4-5-21-19(14-20)16-27-30-21/h2-6,8,14-16H,7,9-13H2,1H3,(H,27,30)(H,26,28,29). The maximum absolute atomic E-state index is 13.2. The van der Waals surface area contributed by atoms with E-state index in [4.69, 9.17) is 4.98 Å². The van der Waals surface area contributed by atoms with Gasteiger partial charge in [-0.2, -0.15) is 5.10 Å². The number of hydrogen-bond donors (Lipinski definition) is 2. The van der Waals surface area contributed by atoms with Crippen LogP contribution >= 0.6 is 0 Å². The number of nitrogens with zero attached hydrogens (tertiary/aromatic N) is 6. The van der Waals surface area contributed by atoms with Gasteiger partial charge in [-0.15, -0.1) is 0 Å². The number of carbonyl (C=O) groups is 1. The number of likely N-dealkylation sites (N-methyl/N-ethyl adjacent to an activating group) is 1. The molecule has 0 radical (unpaired) electrons. The number of aromatic amines is 1. The average molecular weight is 455 g/mol. The summed E-state index contributed by atoms with van der Waals surface area (Å²) in [6, 6.07) is 14.1. The molecule has 4 heterocycles.